The summed E-state index contributed by atoms with van der Waals surface area (Å²) in [7, 11) is 0. The van der Waals surface area contributed by atoms with Gasteiger partial charge in [0, 0.05) is 17.5 Å². The number of rotatable bonds is 3. The highest BCUT2D eigenvalue weighted by molar-refractivity contribution is 7.14. The molecule has 1 saturated heterocycles. The smallest absolute Gasteiger partial charge is 0.316 e. The summed E-state index contributed by atoms with van der Waals surface area (Å²) < 4.78 is 0. The predicted molar refractivity (Wildman–Crippen MR) is 94.2 cm³/mol. The lowest BCUT2D eigenvalue weighted by Gasteiger charge is -2.16. The van der Waals surface area contributed by atoms with Gasteiger partial charge in [0.25, 0.3) is 5.91 Å². The Bertz CT molecular complexity index is 569. The molecule has 2 heterocycles. The Morgan fingerprint density at radius 3 is 2.74 bits per heavy atom. The summed E-state index contributed by atoms with van der Waals surface area (Å²) in [6.45, 7) is 7.99. The summed E-state index contributed by atoms with van der Waals surface area (Å²) in [4.78, 5) is 25.4. The number of hydrogen-bond acceptors (Lipinski definition) is 4. The Morgan fingerprint density at radius 2 is 2.09 bits per heavy atom. The number of thiophene rings is 1. The number of primary amides is 1. The molecular weight excluding hydrogens is 312 g/mol. The van der Waals surface area contributed by atoms with Crippen molar-refractivity contribution in [3.63, 3.8) is 0 Å². The molecule has 0 saturated carbocycles. The van der Waals surface area contributed by atoms with Gasteiger partial charge in [-0.1, -0.05) is 27.2 Å². The van der Waals surface area contributed by atoms with Gasteiger partial charge < -0.3 is 21.7 Å². The average molecular weight is 338 g/mol. The summed E-state index contributed by atoms with van der Waals surface area (Å²) in [5.41, 5.74) is 5.63. The second-order valence-electron chi connectivity index (χ2n) is 6.96. The number of carbonyl (C=O) groups excluding carboxylic acids is 2. The van der Waals surface area contributed by atoms with Crippen LogP contribution in [0.3, 0.4) is 0 Å². The Morgan fingerprint density at radius 1 is 1.35 bits per heavy atom. The Balaban J connectivity index is 2.19. The van der Waals surface area contributed by atoms with Gasteiger partial charge in [0.15, 0.2) is 0 Å². The minimum absolute atomic E-state index is 0.0961. The highest BCUT2D eigenvalue weighted by Gasteiger charge is 2.25. The SMILES string of the molecule is CC(C)(C)c1cc(NC(N)=O)c(C(=O)N[C@H]2CCCCNC2)s1. The molecule has 128 valence electrons. The lowest BCUT2D eigenvalue weighted by molar-refractivity contribution is 0.0940. The Kier molecular flexibility index (Phi) is 5.64. The van der Waals surface area contributed by atoms with Gasteiger partial charge in [0.05, 0.1) is 5.69 Å². The second kappa shape index (κ2) is 7.31. The van der Waals surface area contributed by atoms with Crippen LogP contribution in [0.25, 0.3) is 0 Å². The molecule has 0 unspecified atom stereocenters. The van der Waals surface area contributed by atoms with Gasteiger partial charge in [0.2, 0.25) is 0 Å². The summed E-state index contributed by atoms with van der Waals surface area (Å²) in [6, 6.07) is 1.30. The maximum Gasteiger partial charge on any atom is 0.316 e. The monoisotopic (exact) mass is 338 g/mol. The zero-order chi connectivity index (χ0) is 17.0. The van der Waals surface area contributed by atoms with E-state index in [9.17, 15) is 9.59 Å². The molecule has 0 aliphatic carbocycles. The molecular formula is C16H26N4O2S. The van der Waals surface area contributed by atoms with Crippen molar-refractivity contribution in [2.24, 2.45) is 5.73 Å². The van der Waals surface area contributed by atoms with Gasteiger partial charge >= 0.3 is 6.03 Å². The first-order valence-electron chi connectivity index (χ1n) is 7.99. The molecule has 1 aromatic rings. The molecule has 6 nitrogen and oxygen atoms in total. The minimum Gasteiger partial charge on any atom is -0.351 e. The zero-order valence-electron chi connectivity index (χ0n) is 14.0. The van der Waals surface area contributed by atoms with E-state index in [1.54, 1.807) is 0 Å². The van der Waals surface area contributed by atoms with Crippen molar-refractivity contribution in [3.8, 4) is 0 Å². The van der Waals surface area contributed by atoms with Crippen LogP contribution in [0.2, 0.25) is 0 Å². The van der Waals surface area contributed by atoms with Crippen LogP contribution in [0.5, 0.6) is 0 Å². The summed E-state index contributed by atoms with van der Waals surface area (Å²) in [6.07, 6.45) is 3.20. The van der Waals surface area contributed by atoms with E-state index in [0.29, 0.717) is 10.6 Å². The fourth-order valence-electron chi connectivity index (χ4n) is 2.55. The quantitative estimate of drug-likeness (QED) is 0.681. The number of anilines is 1. The summed E-state index contributed by atoms with van der Waals surface area (Å²) in [5, 5.41) is 8.97. The molecule has 2 rings (SSSR count). The first-order valence-corrected chi connectivity index (χ1v) is 8.81. The molecule has 0 radical (unpaired) electrons. The van der Waals surface area contributed by atoms with Crippen LogP contribution < -0.4 is 21.7 Å². The van der Waals surface area contributed by atoms with Crippen LogP contribution in [0.1, 0.15) is 54.6 Å². The lowest BCUT2D eigenvalue weighted by Crippen LogP contribution is -2.40. The van der Waals surface area contributed by atoms with E-state index < -0.39 is 6.03 Å². The summed E-state index contributed by atoms with van der Waals surface area (Å²) in [5.74, 6) is -0.150. The molecule has 1 aliphatic rings. The molecule has 7 heteroatoms. The highest BCUT2D eigenvalue weighted by Crippen LogP contribution is 2.35. The van der Waals surface area contributed by atoms with Crippen LogP contribution in [0, 0.1) is 0 Å². The fraction of sp³-hybridized carbons (Fsp3) is 0.625. The largest absolute Gasteiger partial charge is 0.351 e. The lowest BCUT2D eigenvalue weighted by atomic mass is 9.94. The van der Waals surface area contributed by atoms with Crippen LogP contribution in [0.15, 0.2) is 6.07 Å². The maximum absolute atomic E-state index is 12.6. The summed E-state index contributed by atoms with van der Waals surface area (Å²) >= 11 is 1.41. The third-order valence-corrected chi connectivity index (χ3v) is 5.38. The standard InChI is InChI=1S/C16H26N4O2S/c1-16(2,3)12-8-11(20-15(17)22)13(23-12)14(21)19-10-6-4-5-7-18-9-10/h8,10,18H,4-7,9H2,1-3H3,(H,19,21)(H3,17,20,22)/t10-/m0/s1. The number of nitrogens with two attached hydrogens (primary N) is 1. The van der Waals surface area contributed by atoms with E-state index >= 15 is 0 Å². The van der Waals surface area contributed by atoms with E-state index in [4.69, 9.17) is 5.73 Å². The molecule has 0 bridgehead atoms. The van der Waals surface area contributed by atoms with Gasteiger partial charge in [-0.05, 0) is 30.9 Å². The normalized spacial score (nSPS) is 19.0. The molecule has 0 aromatic carbocycles. The molecule has 3 amide bonds. The molecule has 1 atom stereocenters. The molecule has 1 aromatic heterocycles. The van der Waals surface area contributed by atoms with Crippen molar-refractivity contribution in [2.75, 3.05) is 18.4 Å². The fourth-order valence-corrected chi connectivity index (χ4v) is 3.62. The van der Waals surface area contributed by atoms with Gasteiger partial charge in [-0.25, -0.2) is 4.79 Å². The van der Waals surface area contributed by atoms with E-state index in [-0.39, 0.29) is 17.4 Å². The number of nitrogens with one attached hydrogen (secondary N) is 3. The molecule has 1 fully saturated rings. The first-order chi connectivity index (χ1) is 10.8. The number of urea groups is 1. The molecule has 23 heavy (non-hydrogen) atoms. The van der Waals surface area contributed by atoms with Crippen LogP contribution in [-0.4, -0.2) is 31.1 Å². The molecule has 1 aliphatic heterocycles. The minimum atomic E-state index is -0.659. The van der Waals surface area contributed by atoms with Crippen molar-refractivity contribution < 1.29 is 9.59 Å². The van der Waals surface area contributed by atoms with Crippen LogP contribution >= 0.6 is 11.3 Å². The number of hydrogen-bond donors (Lipinski definition) is 4. The highest BCUT2D eigenvalue weighted by atomic mass is 32.1. The topological polar surface area (TPSA) is 96.2 Å². The van der Waals surface area contributed by atoms with Gasteiger partial charge in [-0.2, -0.15) is 0 Å². The number of amides is 3. The van der Waals surface area contributed by atoms with Gasteiger partial charge in [0.1, 0.15) is 4.88 Å². The van der Waals surface area contributed by atoms with Crippen LogP contribution in [0.4, 0.5) is 10.5 Å². The van der Waals surface area contributed by atoms with Crippen molar-refractivity contribution >= 4 is 29.0 Å². The van der Waals surface area contributed by atoms with Crippen LogP contribution in [-0.2, 0) is 5.41 Å². The van der Waals surface area contributed by atoms with Gasteiger partial charge in [-0.3, -0.25) is 4.79 Å². The zero-order valence-corrected chi connectivity index (χ0v) is 14.8. The van der Waals surface area contributed by atoms with E-state index in [1.807, 2.05) is 6.07 Å². The second-order valence-corrected chi connectivity index (χ2v) is 8.02. The maximum atomic E-state index is 12.6. The van der Waals surface area contributed by atoms with Crippen molar-refractivity contribution in [1.29, 1.82) is 0 Å². The van der Waals surface area contributed by atoms with Crippen molar-refractivity contribution in [3.05, 3.63) is 15.8 Å². The third-order valence-electron chi connectivity index (χ3n) is 3.82. The van der Waals surface area contributed by atoms with Crippen molar-refractivity contribution in [2.45, 2.75) is 51.5 Å². The van der Waals surface area contributed by atoms with E-state index in [1.165, 1.54) is 11.3 Å². The Hall–Kier alpha value is -1.60. The number of carbonyl (C=O) groups is 2. The van der Waals surface area contributed by atoms with E-state index in [0.717, 1.165) is 37.2 Å². The van der Waals surface area contributed by atoms with E-state index in [2.05, 4.69) is 36.7 Å². The van der Waals surface area contributed by atoms with Gasteiger partial charge in [-0.15, -0.1) is 11.3 Å². The Labute approximate surface area is 141 Å². The third kappa shape index (κ3) is 4.94. The first kappa shape index (κ1) is 17.7. The predicted octanol–water partition coefficient (Wildman–Crippen LogP) is 2.41. The van der Waals surface area contributed by atoms with Crippen molar-refractivity contribution in [1.82, 2.24) is 10.6 Å². The molecule has 5 N–H and O–H groups in total. The average Bonchev–Trinajstić information content (AvgIpc) is 2.69. The molecule has 0 spiro atoms.